The van der Waals surface area contributed by atoms with E-state index >= 15 is 0 Å². The molecular formula is C12H18N2O4. The van der Waals surface area contributed by atoms with E-state index in [1.54, 1.807) is 0 Å². The van der Waals surface area contributed by atoms with Crippen LogP contribution in [0.15, 0.2) is 0 Å². The Labute approximate surface area is 106 Å². The van der Waals surface area contributed by atoms with Gasteiger partial charge in [-0.2, -0.15) is 0 Å². The van der Waals surface area contributed by atoms with Gasteiger partial charge in [0.2, 0.25) is 11.8 Å². The monoisotopic (exact) mass is 254 g/mol. The number of rotatable bonds is 3. The van der Waals surface area contributed by atoms with Gasteiger partial charge in [-0.15, -0.1) is 0 Å². The van der Waals surface area contributed by atoms with Gasteiger partial charge < -0.3 is 4.74 Å². The molecule has 0 aliphatic carbocycles. The maximum atomic E-state index is 12.2. The molecule has 1 unspecified atom stereocenters. The van der Waals surface area contributed by atoms with Crippen LogP contribution < -0.4 is 5.32 Å². The Morgan fingerprint density at radius 2 is 1.94 bits per heavy atom. The van der Waals surface area contributed by atoms with E-state index in [0.717, 1.165) is 6.42 Å². The molecule has 18 heavy (non-hydrogen) atoms. The maximum Gasteiger partial charge on any atom is 0.331 e. The van der Waals surface area contributed by atoms with Crippen molar-refractivity contribution in [3.63, 3.8) is 0 Å². The Balaban J connectivity index is 2.14. The number of carbonyl (C=O) groups excluding carboxylic acids is 3. The summed E-state index contributed by atoms with van der Waals surface area (Å²) in [5, 5.41) is 2.28. The van der Waals surface area contributed by atoms with E-state index in [4.69, 9.17) is 4.74 Å². The van der Waals surface area contributed by atoms with Gasteiger partial charge in [0.1, 0.15) is 5.92 Å². The second-order valence-electron chi connectivity index (χ2n) is 4.69. The lowest BCUT2D eigenvalue weighted by atomic mass is 9.96. The van der Waals surface area contributed by atoms with E-state index in [9.17, 15) is 14.4 Å². The van der Waals surface area contributed by atoms with E-state index in [-0.39, 0.29) is 11.9 Å². The highest BCUT2D eigenvalue weighted by atomic mass is 16.5. The fourth-order valence-corrected chi connectivity index (χ4v) is 2.47. The third-order valence-electron chi connectivity index (χ3n) is 3.43. The van der Waals surface area contributed by atoms with Crippen molar-refractivity contribution >= 4 is 17.8 Å². The van der Waals surface area contributed by atoms with Crippen LogP contribution in [0.1, 0.15) is 32.6 Å². The topological polar surface area (TPSA) is 75.7 Å². The first kappa shape index (κ1) is 13.0. The molecule has 0 saturated carbocycles. The van der Waals surface area contributed by atoms with Crippen molar-refractivity contribution in [3.05, 3.63) is 0 Å². The third-order valence-corrected chi connectivity index (χ3v) is 3.43. The molecule has 0 aromatic carbocycles. The normalized spacial score (nSPS) is 26.4. The summed E-state index contributed by atoms with van der Waals surface area (Å²) in [5.74, 6) is -1.52. The van der Waals surface area contributed by atoms with Crippen LogP contribution in [0.5, 0.6) is 0 Å². The van der Waals surface area contributed by atoms with E-state index < -0.39 is 17.9 Å². The molecule has 2 aliphatic rings. The first-order valence-electron chi connectivity index (χ1n) is 6.40. The van der Waals surface area contributed by atoms with Crippen molar-refractivity contribution in [1.82, 2.24) is 10.2 Å². The second kappa shape index (κ2) is 5.48. The minimum absolute atomic E-state index is 0.140. The highest BCUT2D eigenvalue weighted by Crippen LogP contribution is 2.22. The standard InChI is InChI=1S/C12H18N2O4/c1-2-3-9-10(15)13-12(17)14(11(9)16)8-4-6-18-7-5-8/h8-9H,2-7H2,1H3,(H,13,15,17). The molecule has 0 aromatic heterocycles. The highest BCUT2D eigenvalue weighted by molar-refractivity contribution is 6.16. The lowest BCUT2D eigenvalue weighted by molar-refractivity contribution is -0.145. The van der Waals surface area contributed by atoms with Crippen LogP contribution in [0.25, 0.3) is 0 Å². The van der Waals surface area contributed by atoms with Crippen LogP contribution in [0.4, 0.5) is 4.79 Å². The quantitative estimate of drug-likeness (QED) is 0.751. The molecule has 6 heteroatoms. The summed E-state index contributed by atoms with van der Waals surface area (Å²) < 4.78 is 5.22. The van der Waals surface area contributed by atoms with Crippen LogP contribution in [-0.2, 0) is 14.3 Å². The van der Waals surface area contributed by atoms with Gasteiger partial charge in [0, 0.05) is 19.3 Å². The lowest BCUT2D eigenvalue weighted by Gasteiger charge is -2.37. The summed E-state index contributed by atoms with van der Waals surface area (Å²) in [7, 11) is 0. The summed E-state index contributed by atoms with van der Waals surface area (Å²) in [4.78, 5) is 36.9. The van der Waals surface area contributed by atoms with Gasteiger partial charge >= 0.3 is 6.03 Å². The van der Waals surface area contributed by atoms with E-state index in [1.807, 2.05) is 6.92 Å². The summed E-state index contributed by atoms with van der Waals surface area (Å²) in [6.45, 7) is 3.01. The number of hydrogen-bond donors (Lipinski definition) is 1. The molecule has 2 rings (SSSR count). The molecule has 2 saturated heterocycles. The van der Waals surface area contributed by atoms with Gasteiger partial charge in [-0.3, -0.25) is 19.8 Å². The number of nitrogens with zero attached hydrogens (tertiary/aromatic N) is 1. The molecule has 2 aliphatic heterocycles. The summed E-state index contributed by atoms with van der Waals surface area (Å²) >= 11 is 0. The fraction of sp³-hybridized carbons (Fsp3) is 0.750. The van der Waals surface area contributed by atoms with Crippen LogP contribution in [0.3, 0.4) is 0 Å². The van der Waals surface area contributed by atoms with Crippen LogP contribution in [-0.4, -0.2) is 42.0 Å². The largest absolute Gasteiger partial charge is 0.381 e. The SMILES string of the molecule is CCCC1C(=O)NC(=O)N(C2CCOCC2)C1=O. The Kier molecular flexibility index (Phi) is 3.96. The molecule has 2 heterocycles. The molecule has 0 spiro atoms. The second-order valence-corrected chi connectivity index (χ2v) is 4.69. The van der Waals surface area contributed by atoms with E-state index in [1.165, 1.54) is 4.90 Å². The fourth-order valence-electron chi connectivity index (χ4n) is 2.47. The highest BCUT2D eigenvalue weighted by Gasteiger charge is 2.43. The zero-order valence-electron chi connectivity index (χ0n) is 10.5. The Morgan fingerprint density at radius 3 is 2.56 bits per heavy atom. The van der Waals surface area contributed by atoms with Crippen molar-refractivity contribution < 1.29 is 19.1 Å². The van der Waals surface area contributed by atoms with Gasteiger partial charge in [-0.25, -0.2) is 4.79 Å². The van der Waals surface area contributed by atoms with Crippen LogP contribution in [0.2, 0.25) is 0 Å². The molecule has 0 radical (unpaired) electrons. The number of nitrogens with one attached hydrogen (secondary N) is 1. The Hall–Kier alpha value is -1.43. The number of hydrogen-bond acceptors (Lipinski definition) is 4. The van der Waals surface area contributed by atoms with Crippen molar-refractivity contribution in [3.8, 4) is 0 Å². The zero-order valence-corrected chi connectivity index (χ0v) is 10.5. The molecule has 4 amide bonds. The first-order valence-corrected chi connectivity index (χ1v) is 6.40. The molecule has 1 N–H and O–H groups in total. The Morgan fingerprint density at radius 1 is 1.28 bits per heavy atom. The summed E-state index contributed by atoms with van der Waals surface area (Å²) in [6.07, 6.45) is 2.51. The average Bonchev–Trinajstić information content (AvgIpc) is 2.35. The average molecular weight is 254 g/mol. The minimum Gasteiger partial charge on any atom is -0.381 e. The van der Waals surface area contributed by atoms with E-state index in [0.29, 0.717) is 32.5 Å². The molecule has 2 fully saturated rings. The van der Waals surface area contributed by atoms with Crippen LogP contribution >= 0.6 is 0 Å². The molecular weight excluding hydrogens is 236 g/mol. The van der Waals surface area contributed by atoms with Gasteiger partial charge in [-0.1, -0.05) is 13.3 Å². The number of amides is 4. The smallest absolute Gasteiger partial charge is 0.331 e. The molecule has 0 bridgehead atoms. The van der Waals surface area contributed by atoms with Crippen molar-refractivity contribution in [2.24, 2.45) is 5.92 Å². The minimum atomic E-state index is -0.712. The first-order chi connectivity index (χ1) is 8.65. The number of imide groups is 2. The van der Waals surface area contributed by atoms with Crippen molar-refractivity contribution in [2.75, 3.05) is 13.2 Å². The number of barbiturate groups is 1. The zero-order chi connectivity index (χ0) is 13.1. The number of ether oxygens (including phenoxy) is 1. The summed E-state index contributed by atoms with van der Waals surface area (Å²) in [6, 6.07) is -0.719. The van der Waals surface area contributed by atoms with Gasteiger partial charge in [0.05, 0.1) is 0 Å². The van der Waals surface area contributed by atoms with E-state index in [2.05, 4.69) is 5.32 Å². The van der Waals surface area contributed by atoms with Gasteiger partial charge in [-0.05, 0) is 19.3 Å². The van der Waals surface area contributed by atoms with Crippen molar-refractivity contribution in [2.45, 2.75) is 38.6 Å². The van der Waals surface area contributed by atoms with Gasteiger partial charge in [0.15, 0.2) is 0 Å². The third kappa shape index (κ3) is 2.38. The van der Waals surface area contributed by atoms with Gasteiger partial charge in [0.25, 0.3) is 0 Å². The van der Waals surface area contributed by atoms with Crippen LogP contribution in [0, 0.1) is 5.92 Å². The predicted octanol–water partition coefficient (Wildman–Crippen LogP) is 0.660. The predicted molar refractivity (Wildman–Crippen MR) is 62.6 cm³/mol. The van der Waals surface area contributed by atoms with Crippen molar-refractivity contribution in [1.29, 1.82) is 0 Å². The molecule has 0 aromatic rings. The number of carbonyl (C=O) groups is 3. The lowest BCUT2D eigenvalue weighted by Crippen LogP contribution is -2.61. The number of urea groups is 1. The molecule has 100 valence electrons. The maximum absolute atomic E-state index is 12.2. The molecule has 6 nitrogen and oxygen atoms in total. The molecule has 1 atom stereocenters. The Bertz CT molecular complexity index is 363. The summed E-state index contributed by atoms with van der Waals surface area (Å²) in [5.41, 5.74) is 0.